The lowest BCUT2D eigenvalue weighted by Gasteiger charge is -2.16. The molecule has 0 aromatic heterocycles. The molecule has 0 aliphatic rings. The summed E-state index contributed by atoms with van der Waals surface area (Å²) in [7, 11) is 1.80. The first-order valence-corrected chi connectivity index (χ1v) is 7.52. The fourth-order valence-electron chi connectivity index (χ4n) is 1.46. The van der Waals surface area contributed by atoms with Gasteiger partial charge in [-0.15, -0.1) is 35.7 Å². The van der Waals surface area contributed by atoms with Gasteiger partial charge < -0.3 is 10.6 Å². The van der Waals surface area contributed by atoms with E-state index < -0.39 is 0 Å². The number of hydrogen-bond acceptors (Lipinski definition) is 2. The van der Waals surface area contributed by atoms with Crippen molar-refractivity contribution >= 4 is 41.7 Å². The SMILES string of the molecule is CCC(C)NC(=NC)NCc1ccc(SC)cc1.I. The lowest BCUT2D eigenvalue weighted by atomic mass is 10.2. The molecular formula is C14H24IN3S. The molecule has 1 rings (SSSR count). The van der Waals surface area contributed by atoms with Crippen molar-refractivity contribution in [1.82, 2.24) is 10.6 Å². The van der Waals surface area contributed by atoms with Crippen LogP contribution in [0.15, 0.2) is 34.2 Å². The molecule has 1 atom stereocenters. The number of thioether (sulfide) groups is 1. The van der Waals surface area contributed by atoms with Crippen LogP contribution in [0.5, 0.6) is 0 Å². The number of aliphatic imine (C=N–C) groups is 1. The van der Waals surface area contributed by atoms with Crippen molar-refractivity contribution in [2.45, 2.75) is 37.8 Å². The monoisotopic (exact) mass is 393 g/mol. The Bertz CT molecular complexity index is 379. The molecule has 0 amide bonds. The van der Waals surface area contributed by atoms with Crippen LogP contribution in [0, 0.1) is 0 Å². The molecule has 0 fully saturated rings. The Balaban J connectivity index is 0.00000324. The Kier molecular flexibility index (Phi) is 10.1. The molecule has 1 aromatic carbocycles. The van der Waals surface area contributed by atoms with Crippen molar-refractivity contribution in [2.75, 3.05) is 13.3 Å². The van der Waals surface area contributed by atoms with Gasteiger partial charge in [0, 0.05) is 24.5 Å². The number of benzene rings is 1. The van der Waals surface area contributed by atoms with Gasteiger partial charge in [-0.1, -0.05) is 19.1 Å². The van der Waals surface area contributed by atoms with Crippen molar-refractivity contribution in [3.63, 3.8) is 0 Å². The van der Waals surface area contributed by atoms with E-state index in [2.05, 4.69) is 60.0 Å². The van der Waals surface area contributed by atoms with Crippen LogP contribution in [0.25, 0.3) is 0 Å². The van der Waals surface area contributed by atoms with Crippen LogP contribution in [-0.4, -0.2) is 25.3 Å². The van der Waals surface area contributed by atoms with E-state index >= 15 is 0 Å². The minimum Gasteiger partial charge on any atom is -0.354 e. The van der Waals surface area contributed by atoms with E-state index in [1.54, 1.807) is 18.8 Å². The number of guanidine groups is 1. The van der Waals surface area contributed by atoms with Gasteiger partial charge in [0.15, 0.2) is 5.96 Å². The minimum atomic E-state index is 0. The van der Waals surface area contributed by atoms with Crippen LogP contribution in [0.2, 0.25) is 0 Å². The highest BCUT2D eigenvalue weighted by molar-refractivity contribution is 14.0. The van der Waals surface area contributed by atoms with E-state index in [0.717, 1.165) is 18.9 Å². The fraction of sp³-hybridized carbons (Fsp3) is 0.500. The average Bonchev–Trinajstić information content (AvgIpc) is 2.43. The first-order valence-electron chi connectivity index (χ1n) is 6.29. The second-order valence-corrected chi connectivity index (χ2v) is 5.11. The molecule has 2 N–H and O–H groups in total. The van der Waals surface area contributed by atoms with Crippen molar-refractivity contribution in [3.05, 3.63) is 29.8 Å². The number of nitrogens with one attached hydrogen (secondary N) is 2. The summed E-state index contributed by atoms with van der Waals surface area (Å²) in [5.41, 5.74) is 1.26. The molecule has 0 aliphatic heterocycles. The second-order valence-electron chi connectivity index (χ2n) is 4.23. The molecule has 1 unspecified atom stereocenters. The molecule has 0 saturated heterocycles. The van der Waals surface area contributed by atoms with E-state index in [9.17, 15) is 0 Å². The molecule has 0 saturated carbocycles. The molecule has 0 spiro atoms. The maximum absolute atomic E-state index is 4.22. The van der Waals surface area contributed by atoms with Gasteiger partial charge in [-0.25, -0.2) is 0 Å². The summed E-state index contributed by atoms with van der Waals surface area (Å²) in [6.07, 6.45) is 3.17. The molecule has 108 valence electrons. The van der Waals surface area contributed by atoms with Crippen LogP contribution < -0.4 is 10.6 Å². The predicted octanol–water partition coefficient (Wildman–Crippen LogP) is 3.49. The zero-order valence-corrected chi connectivity index (χ0v) is 15.2. The minimum absolute atomic E-state index is 0. The third-order valence-electron chi connectivity index (χ3n) is 2.84. The van der Waals surface area contributed by atoms with Gasteiger partial charge in [0.05, 0.1) is 0 Å². The quantitative estimate of drug-likeness (QED) is 0.348. The molecule has 1 aromatic rings. The predicted molar refractivity (Wildman–Crippen MR) is 96.7 cm³/mol. The first-order chi connectivity index (χ1) is 8.69. The van der Waals surface area contributed by atoms with Crippen LogP contribution >= 0.6 is 35.7 Å². The van der Waals surface area contributed by atoms with Gasteiger partial charge >= 0.3 is 0 Å². The smallest absolute Gasteiger partial charge is 0.191 e. The summed E-state index contributed by atoms with van der Waals surface area (Å²) >= 11 is 1.76. The van der Waals surface area contributed by atoms with E-state index in [-0.39, 0.29) is 24.0 Å². The summed E-state index contributed by atoms with van der Waals surface area (Å²) in [5.74, 6) is 0.860. The molecule has 5 heteroatoms. The molecule has 19 heavy (non-hydrogen) atoms. The van der Waals surface area contributed by atoms with E-state index in [1.807, 2.05) is 0 Å². The fourth-order valence-corrected chi connectivity index (χ4v) is 1.87. The maximum Gasteiger partial charge on any atom is 0.191 e. The molecular weight excluding hydrogens is 369 g/mol. The molecule has 0 bridgehead atoms. The van der Waals surface area contributed by atoms with E-state index in [0.29, 0.717) is 6.04 Å². The Morgan fingerprint density at radius 2 is 1.95 bits per heavy atom. The van der Waals surface area contributed by atoms with Gasteiger partial charge in [0.1, 0.15) is 0 Å². The van der Waals surface area contributed by atoms with Gasteiger partial charge in [0.2, 0.25) is 0 Å². The van der Waals surface area contributed by atoms with E-state index in [1.165, 1.54) is 10.5 Å². The van der Waals surface area contributed by atoms with Crippen molar-refractivity contribution in [1.29, 1.82) is 0 Å². The number of rotatable bonds is 5. The summed E-state index contributed by atoms with van der Waals surface area (Å²) in [4.78, 5) is 5.51. The highest BCUT2D eigenvalue weighted by atomic mass is 127. The number of hydrogen-bond donors (Lipinski definition) is 2. The normalized spacial score (nSPS) is 12.5. The highest BCUT2D eigenvalue weighted by Crippen LogP contribution is 2.14. The second kappa shape index (κ2) is 10.4. The Labute approximate surface area is 138 Å². The largest absolute Gasteiger partial charge is 0.354 e. The van der Waals surface area contributed by atoms with Crippen LogP contribution in [0.3, 0.4) is 0 Å². The Morgan fingerprint density at radius 1 is 1.32 bits per heavy atom. The Hall–Kier alpha value is -0.430. The molecule has 0 heterocycles. The molecule has 0 aliphatic carbocycles. The number of nitrogens with zero attached hydrogens (tertiary/aromatic N) is 1. The van der Waals surface area contributed by atoms with Crippen LogP contribution in [0.4, 0.5) is 0 Å². The zero-order chi connectivity index (χ0) is 13.4. The van der Waals surface area contributed by atoms with Crippen LogP contribution in [0.1, 0.15) is 25.8 Å². The Morgan fingerprint density at radius 3 is 2.42 bits per heavy atom. The third kappa shape index (κ3) is 7.06. The maximum atomic E-state index is 4.22. The highest BCUT2D eigenvalue weighted by Gasteiger charge is 2.02. The van der Waals surface area contributed by atoms with Gasteiger partial charge in [-0.05, 0) is 37.3 Å². The molecule has 0 radical (unpaired) electrons. The van der Waals surface area contributed by atoms with Gasteiger partial charge in [-0.3, -0.25) is 4.99 Å². The lowest BCUT2D eigenvalue weighted by Crippen LogP contribution is -2.41. The van der Waals surface area contributed by atoms with Gasteiger partial charge in [0.25, 0.3) is 0 Å². The average molecular weight is 393 g/mol. The topological polar surface area (TPSA) is 36.4 Å². The summed E-state index contributed by atoms with van der Waals surface area (Å²) in [6, 6.07) is 9.03. The standard InChI is InChI=1S/C14H23N3S.HI/c1-5-11(2)17-14(15-3)16-10-12-6-8-13(18-4)9-7-12;/h6-9,11H,5,10H2,1-4H3,(H2,15,16,17);1H. The number of halogens is 1. The van der Waals surface area contributed by atoms with E-state index in [4.69, 9.17) is 0 Å². The lowest BCUT2D eigenvalue weighted by molar-refractivity contribution is 0.624. The summed E-state index contributed by atoms with van der Waals surface area (Å²) in [6.45, 7) is 5.11. The van der Waals surface area contributed by atoms with Crippen molar-refractivity contribution in [3.8, 4) is 0 Å². The first kappa shape index (κ1) is 18.6. The van der Waals surface area contributed by atoms with Gasteiger partial charge in [-0.2, -0.15) is 0 Å². The van der Waals surface area contributed by atoms with Crippen molar-refractivity contribution < 1.29 is 0 Å². The third-order valence-corrected chi connectivity index (χ3v) is 3.58. The summed E-state index contributed by atoms with van der Waals surface area (Å²) in [5, 5.41) is 6.66. The summed E-state index contributed by atoms with van der Waals surface area (Å²) < 4.78 is 0. The zero-order valence-electron chi connectivity index (χ0n) is 12.1. The molecule has 3 nitrogen and oxygen atoms in total. The van der Waals surface area contributed by atoms with Crippen molar-refractivity contribution in [2.24, 2.45) is 4.99 Å². The van der Waals surface area contributed by atoms with Crippen LogP contribution in [-0.2, 0) is 6.54 Å².